The molecule has 0 amide bonds. The van der Waals surface area contributed by atoms with Crippen LogP contribution in [0.25, 0.3) is 0 Å². The highest BCUT2D eigenvalue weighted by Crippen LogP contribution is 2.19. The Bertz CT molecular complexity index is 403. The zero-order valence-electron chi connectivity index (χ0n) is 9.21. The molecular formula is C14H15IO. The second kappa shape index (κ2) is 5.62. The van der Waals surface area contributed by atoms with Crippen LogP contribution in [0.5, 0.6) is 0 Å². The number of ketones is 1. The van der Waals surface area contributed by atoms with Gasteiger partial charge in [-0.25, -0.2) is 0 Å². The first kappa shape index (κ1) is 11.8. The Labute approximate surface area is 110 Å². The maximum atomic E-state index is 11.5. The van der Waals surface area contributed by atoms with E-state index in [1.165, 1.54) is 14.7 Å². The van der Waals surface area contributed by atoms with Crippen LogP contribution < -0.4 is 0 Å². The van der Waals surface area contributed by atoms with Crippen molar-refractivity contribution in [3.63, 3.8) is 0 Å². The second-order valence-corrected chi connectivity index (χ2v) is 5.52. The quantitative estimate of drug-likeness (QED) is 0.753. The first-order valence-electron chi connectivity index (χ1n) is 5.71. The van der Waals surface area contributed by atoms with E-state index in [2.05, 4.69) is 46.9 Å². The molecule has 1 aliphatic rings. The first-order chi connectivity index (χ1) is 7.74. The van der Waals surface area contributed by atoms with Crippen LogP contribution in [-0.2, 0) is 11.2 Å². The molecule has 0 saturated carbocycles. The van der Waals surface area contributed by atoms with Crippen LogP contribution in [0, 0.1) is 3.57 Å². The van der Waals surface area contributed by atoms with Gasteiger partial charge in [0.05, 0.1) is 0 Å². The highest BCUT2D eigenvalue weighted by atomic mass is 127. The van der Waals surface area contributed by atoms with Gasteiger partial charge >= 0.3 is 0 Å². The molecule has 0 atom stereocenters. The molecular weight excluding hydrogens is 311 g/mol. The number of hydrogen-bond acceptors (Lipinski definition) is 1. The molecule has 1 aliphatic carbocycles. The maximum absolute atomic E-state index is 11.5. The summed E-state index contributed by atoms with van der Waals surface area (Å²) in [5, 5.41) is 0. The lowest BCUT2D eigenvalue weighted by atomic mass is 10.0. The van der Waals surface area contributed by atoms with E-state index in [1.54, 1.807) is 0 Å². The van der Waals surface area contributed by atoms with Crippen molar-refractivity contribution in [2.75, 3.05) is 0 Å². The van der Waals surface area contributed by atoms with E-state index < -0.39 is 0 Å². The van der Waals surface area contributed by atoms with Gasteiger partial charge in [0.15, 0.2) is 5.78 Å². The zero-order chi connectivity index (χ0) is 11.4. The van der Waals surface area contributed by atoms with Gasteiger partial charge in [0.2, 0.25) is 0 Å². The standard InChI is InChI=1S/C14H15IO/c15-13-7-5-11(6-8-13)9-12-3-1-2-4-14(16)10-12/h5-8,10H,1-4,9H2. The van der Waals surface area contributed by atoms with E-state index in [9.17, 15) is 4.79 Å². The number of halogens is 1. The second-order valence-electron chi connectivity index (χ2n) is 4.28. The molecule has 2 rings (SSSR count). The molecule has 0 aliphatic heterocycles. The first-order valence-corrected chi connectivity index (χ1v) is 6.78. The van der Waals surface area contributed by atoms with Crippen molar-refractivity contribution in [1.29, 1.82) is 0 Å². The molecule has 1 aromatic carbocycles. The Balaban J connectivity index is 2.08. The maximum Gasteiger partial charge on any atom is 0.155 e. The van der Waals surface area contributed by atoms with Gasteiger partial charge in [0, 0.05) is 9.99 Å². The molecule has 1 aromatic rings. The average molecular weight is 326 g/mol. The molecule has 0 unspecified atom stereocenters. The summed E-state index contributed by atoms with van der Waals surface area (Å²) in [5.41, 5.74) is 2.60. The molecule has 0 radical (unpaired) electrons. The van der Waals surface area contributed by atoms with Gasteiger partial charge < -0.3 is 0 Å². The van der Waals surface area contributed by atoms with E-state index in [1.807, 2.05) is 6.08 Å². The largest absolute Gasteiger partial charge is 0.295 e. The minimum Gasteiger partial charge on any atom is -0.295 e. The number of benzene rings is 1. The Hall–Kier alpha value is -0.640. The normalized spacial score (nSPS) is 16.8. The third-order valence-electron chi connectivity index (χ3n) is 2.88. The summed E-state index contributed by atoms with van der Waals surface area (Å²) in [6.45, 7) is 0. The molecule has 0 N–H and O–H groups in total. The highest BCUT2D eigenvalue weighted by Gasteiger charge is 2.08. The van der Waals surface area contributed by atoms with Crippen LogP contribution in [0.2, 0.25) is 0 Å². The molecule has 0 fully saturated rings. The monoisotopic (exact) mass is 326 g/mol. The predicted molar refractivity (Wildman–Crippen MR) is 74.4 cm³/mol. The summed E-state index contributed by atoms with van der Waals surface area (Å²) in [7, 11) is 0. The molecule has 0 heterocycles. The number of carbonyl (C=O) groups excluding carboxylic acids is 1. The van der Waals surface area contributed by atoms with Crippen LogP contribution in [0.15, 0.2) is 35.9 Å². The van der Waals surface area contributed by atoms with Crippen LogP contribution >= 0.6 is 22.6 Å². The van der Waals surface area contributed by atoms with Crippen molar-refractivity contribution >= 4 is 28.4 Å². The number of allylic oxidation sites excluding steroid dienone is 2. The number of hydrogen-bond donors (Lipinski definition) is 0. The minimum atomic E-state index is 0.304. The lowest BCUT2D eigenvalue weighted by Gasteiger charge is -2.05. The smallest absolute Gasteiger partial charge is 0.155 e. The van der Waals surface area contributed by atoms with E-state index >= 15 is 0 Å². The Kier molecular flexibility index (Phi) is 4.16. The van der Waals surface area contributed by atoms with Crippen LogP contribution in [0.1, 0.15) is 31.2 Å². The Morgan fingerprint density at radius 1 is 1.06 bits per heavy atom. The highest BCUT2D eigenvalue weighted by molar-refractivity contribution is 14.1. The zero-order valence-corrected chi connectivity index (χ0v) is 11.4. The number of carbonyl (C=O) groups is 1. The fraction of sp³-hybridized carbons (Fsp3) is 0.357. The fourth-order valence-electron chi connectivity index (χ4n) is 2.03. The summed E-state index contributed by atoms with van der Waals surface area (Å²) < 4.78 is 1.26. The molecule has 16 heavy (non-hydrogen) atoms. The topological polar surface area (TPSA) is 17.1 Å². The van der Waals surface area contributed by atoms with Gasteiger partial charge in [0.25, 0.3) is 0 Å². The number of rotatable bonds is 2. The summed E-state index contributed by atoms with van der Waals surface area (Å²) >= 11 is 2.31. The molecule has 0 saturated heterocycles. The van der Waals surface area contributed by atoms with Crippen molar-refractivity contribution in [2.24, 2.45) is 0 Å². The summed E-state index contributed by atoms with van der Waals surface area (Å²) in [6.07, 6.45) is 6.81. The van der Waals surface area contributed by atoms with Crippen LogP contribution in [0.4, 0.5) is 0 Å². The van der Waals surface area contributed by atoms with Crippen molar-refractivity contribution in [3.05, 3.63) is 45.0 Å². The fourth-order valence-corrected chi connectivity index (χ4v) is 2.39. The van der Waals surface area contributed by atoms with Gasteiger partial charge in [0.1, 0.15) is 0 Å². The van der Waals surface area contributed by atoms with E-state index in [0.29, 0.717) is 5.78 Å². The third kappa shape index (κ3) is 3.44. The molecule has 2 heteroatoms. The lowest BCUT2D eigenvalue weighted by molar-refractivity contribution is -0.114. The Morgan fingerprint density at radius 3 is 2.50 bits per heavy atom. The van der Waals surface area contributed by atoms with Crippen molar-refractivity contribution in [1.82, 2.24) is 0 Å². The minimum absolute atomic E-state index is 0.304. The molecule has 0 aromatic heterocycles. The van der Waals surface area contributed by atoms with Crippen molar-refractivity contribution in [3.8, 4) is 0 Å². The molecule has 0 spiro atoms. The summed E-state index contributed by atoms with van der Waals surface area (Å²) in [4.78, 5) is 11.5. The van der Waals surface area contributed by atoms with Crippen molar-refractivity contribution in [2.45, 2.75) is 32.1 Å². The molecule has 84 valence electrons. The Morgan fingerprint density at radius 2 is 1.75 bits per heavy atom. The van der Waals surface area contributed by atoms with E-state index in [0.717, 1.165) is 32.1 Å². The van der Waals surface area contributed by atoms with Gasteiger partial charge in [-0.15, -0.1) is 0 Å². The summed E-state index contributed by atoms with van der Waals surface area (Å²) in [5.74, 6) is 0.304. The van der Waals surface area contributed by atoms with Gasteiger partial charge in [-0.1, -0.05) is 17.7 Å². The summed E-state index contributed by atoms with van der Waals surface area (Å²) in [6, 6.07) is 8.54. The van der Waals surface area contributed by atoms with Gasteiger partial charge in [-0.05, 0) is 72.0 Å². The molecule has 1 nitrogen and oxygen atoms in total. The van der Waals surface area contributed by atoms with E-state index in [-0.39, 0.29) is 0 Å². The SMILES string of the molecule is O=C1C=C(Cc2ccc(I)cc2)CCCC1. The van der Waals surface area contributed by atoms with Crippen LogP contribution in [-0.4, -0.2) is 5.78 Å². The molecule has 0 bridgehead atoms. The van der Waals surface area contributed by atoms with Gasteiger partial charge in [-0.2, -0.15) is 0 Å². The third-order valence-corrected chi connectivity index (χ3v) is 3.60. The van der Waals surface area contributed by atoms with Gasteiger partial charge in [-0.3, -0.25) is 4.79 Å². The lowest BCUT2D eigenvalue weighted by Crippen LogP contribution is -1.94. The average Bonchev–Trinajstić information content (AvgIpc) is 2.46. The van der Waals surface area contributed by atoms with Crippen LogP contribution in [0.3, 0.4) is 0 Å². The van der Waals surface area contributed by atoms with Crippen molar-refractivity contribution < 1.29 is 4.79 Å². The predicted octanol–water partition coefficient (Wildman–Crippen LogP) is 3.90. The van der Waals surface area contributed by atoms with E-state index in [4.69, 9.17) is 0 Å².